The number of aromatic nitrogens is 1. The van der Waals surface area contributed by atoms with E-state index in [1.165, 1.54) is 18.2 Å². The van der Waals surface area contributed by atoms with Crippen molar-refractivity contribution in [2.45, 2.75) is 0 Å². The largest absolute Gasteiger partial charge is 0.508 e. The Bertz CT molecular complexity index is 516. The molecule has 13 heavy (non-hydrogen) atoms. The van der Waals surface area contributed by atoms with Gasteiger partial charge in [0.1, 0.15) is 5.75 Å². The van der Waals surface area contributed by atoms with E-state index in [0.29, 0.717) is 10.9 Å². The number of hydrogen-bond acceptors (Lipinski definition) is 3. The molecule has 3 N–H and O–H groups in total. The lowest BCUT2D eigenvalue weighted by atomic mass is 10.2. The zero-order valence-corrected chi connectivity index (χ0v) is 6.61. The molecule has 0 aliphatic heterocycles. The molecule has 2 aromatic rings. The highest BCUT2D eigenvalue weighted by molar-refractivity contribution is 5.80. The average molecular weight is 177 g/mol. The molecular formula is C9H7NO3. The molecule has 4 heteroatoms. The molecule has 0 saturated heterocycles. The molecule has 0 aliphatic carbocycles. The van der Waals surface area contributed by atoms with Crippen molar-refractivity contribution in [2.24, 2.45) is 0 Å². The fraction of sp³-hybridized carbons (Fsp3) is 0. The van der Waals surface area contributed by atoms with E-state index in [4.69, 9.17) is 10.2 Å². The fourth-order valence-corrected chi connectivity index (χ4v) is 1.18. The number of fused-ring (bicyclic) bond motifs is 1. The van der Waals surface area contributed by atoms with E-state index in [9.17, 15) is 4.79 Å². The lowest BCUT2D eigenvalue weighted by Crippen LogP contribution is -2.03. The minimum atomic E-state index is -0.529. The number of aromatic amines is 1. The molecule has 0 radical (unpaired) electrons. The van der Waals surface area contributed by atoms with Gasteiger partial charge in [-0.05, 0) is 24.3 Å². The Morgan fingerprint density at radius 3 is 2.69 bits per heavy atom. The maximum atomic E-state index is 10.9. The van der Waals surface area contributed by atoms with E-state index in [0.717, 1.165) is 0 Å². The normalized spacial score (nSPS) is 10.5. The van der Waals surface area contributed by atoms with Gasteiger partial charge in [0.05, 0.1) is 0 Å². The molecule has 0 aliphatic rings. The van der Waals surface area contributed by atoms with Gasteiger partial charge in [-0.15, -0.1) is 0 Å². The van der Waals surface area contributed by atoms with Crippen LogP contribution in [0.3, 0.4) is 0 Å². The fourth-order valence-electron chi connectivity index (χ4n) is 1.18. The SMILES string of the molecule is O=c1[nH]c2ccc(O)cc2cc1O. The van der Waals surface area contributed by atoms with Crippen LogP contribution in [0.4, 0.5) is 0 Å². The van der Waals surface area contributed by atoms with Crippen LogP contribution in [0.2, 0.25) is 0 Å². The number of benzene rings is 1. The van der Waals surface area contributed by atoms with Gasteiger partial charge in [0, 0.05) is 10.9 Å². The summed E-state index contributed by atoms with van der Waals surface area (Å²) in [6, 6.07) is 5.82. The van der Waals surface area contributed by atoms with Gasteiger partial charge in [0.25, 0.3) is 5.56 Å². The number of nitrogens with one attached hydrogen (secondary N) is 1. The van der Waals surface area contributed by atoms with Gasteiger partial charge < -0.3 is 15.2 Å². The molecule has 0 spiro atoms. The van der Waals surface area contributed by atoms with Crippen LogP contribution < -0.4 is 5.56 Å². The summed E-state index contributed by atoms with van der Waals surface area (Å²) in [6.07, 6.45) is 0. The first-order valence-electron chi connectivity index (χ1n) is 3.72. The highest BCUT2D eigenvalue weighted by atomic mass is 16.3. The van der Waals surface area contributed by atoms with Crippen molar-refractivity contribution >= 4 is 10.9 Å². The number of phenolic OH excluding ortho intramolecular Hbond substituents is 1. The third-order valence-electron chi connectivity index (χ3n) is 1.81. The van der Waals surface area contributed by atoms with E-state index >= 15 is 0 Å². The molecule has 66 valence electrons. The van der Waals surface area contributed by atoms with Gasteiger partial charge in [0.2, 0.25) is 0 Å². The van der Waals surface area contributed by atoms with E-state index in [2.05, 4.69) is 4.98 Å². The van der Waals surface area contributed by atoms with Crippen LogP contribution in [0, 0.1) is 0 Å². The summed E-state index contributed by atoms with van der Waals surface area (Å²) in [6.45, 7) is 0. The maximum Gasteiger partial charge on any atom is 0.290 e. The molecular weight excluding hydrogens is 170 g/mol. The molecule has 2 rings (SSSR count). The van der Waals surface area contributed by atoms with Crippen molar-refractivity contribution in [2.75, 3.05) is 0 Å². The Balaban J connectivity index is 2.89. The summed E-state index contributed by atoms with van der Waals surface area (Å²) in [5.41, 5.74) is 0.0544. The molecule has 0 fully saturated rings. The molecule has 4 nitrogen and oxygen atoms in total. The molecule has 1 heterocycles. The predicted octanol–water partition coefficient (Wildman–Crippen LogP) is 0.939. The van der Waals surface area contributed by atoms with Gasteiger partial charge in [-0.3, -0.25) is 4.79 Å². The molecule has 0 unspecified atom stereocenters. The van der Waals surface area contributed by atoms with E-state index in [-0.39, 0.29) is 11.5 Å². The molecule has 0 saturated carbocycles. The number of phenols is 1. The zero-order chi connectivity index (χ0) is 9.42. The summed E-state index contributed by atoms with van der Waals surface area (Å²) < 4.78 is 0. The minimum absolute atomic E-state index is 0.0962. The Hall–Kier alpha value is -1.97. The summed E-state index contributed by atoms with van der Waals surface area (Å²) in [4.78, 5) is 13.4. The van der Waals surface area contributed by atoms with Crippen molar-refractivity contribution in [1.82, 2.24) is 4.98 Å². The first-order valence-corrected chi connectivity index (χ1v) is 3.72. The van der Waals surface area contributed by atoms with Crippen LogP contribution in [0.5, 0.6) is 11.5 Å². The highest BCUT2D eigenvalue weighted by Gasteiger charge is 2.00. The third-order valence-corrected chi connectivity index (χ3v) is 1.81. The number of H-pyrrole nitrogens is 1. The van der Waals surface area contributed by atoms with Crippen molar-refractivity contribution < 1.29 is 10.2 Å². The second-order valence-electron chi connectivity index (χ2n) is 2.76. The molecule has 0 amide bonds. The lowest BCUT2D eigenvalue weighted by Gasteiger charge is -1.98. The Kier molecular flexibility index (Phi) is 1.48. The summed E-state index contributed by atoms with van der Waals surface area (Å²) >= 11 is 0. The average Bonchev–Trinajstić information content (AvgIpc) is 2.08. The monoisotopic (exact) mass is 177 g/mol. The molecule has 0 atom stereocenters. The maximum absolute atomic E-state index is 10.9. The van der Waals surface area contributed by atoms with Gasteiger partial charge in [0.15, 0.2) is 5.75 Å². The quantitative estimate of drug-likeness (QED) is 0.560. The smallest absolute Gasteiger partial charge is 0.290 e. The highest BCUT2D eigenvalue weighted by Crippen LogP contribution is 2.18. The van der Waals surface area contributed by atoms with Gasteiger partial charge in [-0.2, -0.15) is 0 Å². The van der Waals surface area contributed by atoms with Crippen LogP contribution in [0.1, 0.15) is 0 Å². The summed E-state index contributed by atoms with van der Waals surface area (Å²) in [7, 11) is 0. The van der Waals surface area contributed by atoms with Crippen LogP contribution >= 0.6 is 0 Å². The second kappa shape index (κ2) is 2.52. The standard InChI is InChI=1S/C9H7NO3/c11-6-1-2-7-5(3-6)4-8(12)9(13)10-7/h1-4,11-12H,(H,10,13). The summed E-state index contributed by atoms with van der Waals surface area (Å²) in [5, 5.41) is 18.8. The third kappa shape index (κ3) is 1.22. The predicted molar refractivity (Wildman–Crippen MR) is 47.9 cm³/mol. The van der Waals surface area contributed by atoms with Crippen molar-refractivity contribution in [1.29, 1.82) is 0 Å². The molecule has 0 bridgehead atoms. The zero-order valence-electron chi connectivity index (χ0n) is 6.61. The number of hydrogen-bond donors (Lipinski definition) is 3. The Labute approximate surface area is 73.1 Å². The van der Waals surface area contributed by atoms with Gasteiger partial charge in [-0.1, -0.05) is 0 Å². The number of pyridine rings is 1. The van der Waals surface area contributed by atoms with Crippen LogP contribution in [-0.2, 0) is 0 Å². The second-order valence-corrected chi connectivity index (χ2v) is 2.76. The minimum Gasteiger partial charge on any atom is -0.508 e. The number of rotatable bonds is 0. The topological polar surface area (TPSA) is 73.3 Å². The first kappa shape index (κ1) is 7.67. The Morgan fingerprint density at radius 1 is 1.15 bits per heavy atom. The molecule has 1 aromatic carbocycles. The number of aromatic hydroxyl groups is 2. The van der Waals surface area contributed by atoms with Crippen LogP contribution in [-0.4, -0.2) is 15.2 Å². The van der Waals surface area contributed by atoms with Crippen molar-refractivity contribution in [3.8, 4) is 11.5 Å². The van der Waals surface area contributed by atoms with Crippen LogP contribution in [0.25, 0.3) is 10.9 Å². The van der Waals surface area contributed by atoms with E-state index < -0.39 is 5.56 Å². The molecule has 1 aromatic heterocycles. The lowest BCUT2D eigenvalue weighted by molar-refractivity contribution is 0.467. The Morgan fingerprint density at radius 2 is 1.92 bits per heavy atom. The van der Waals surface area contributed by atoms with Gasteiger partial charge in [-0.25, -0.2) is 0 Å². The van der Waals surface area contributed by atoms with Gasteiger partial charge >= 0.3 is 0 Å². The summed E-state index contributed by atoms with van der Waals surface area (Å²) in [5.74, 6) is -0.253. The van der Waals surface area contributed by atoms with Crippen molar-refractivity contribution in [3.05, 3.63) is 34.6 Å². The van der Waals surface area contributed by atoms with Crippen molar-refractivity contribution in [3.63, 3.8) is 0 Å². The van der Waals surface area contributed by atoms with Crippen LogP contribution in [0.15, 0.2) is 29.1 Å². The van der Waals surface area contributed by atoms with E-state index in [1.807, 2.05) is 0 Å². The van der Waals surface area contributed by atoms with E-state index in [1.54, 1.807) is 6.07 Å². The first-order chi connectivity index (χ1) is 6.16.